The fourth-order valence-corrected chi connectivity index (χ4v) is 7.65. The Kier molecular flexibility index (Phi) is 5.93. The fraction of sp³-hybridized carbons (Fsp3) is 0.750. The van der Waals surface area contributed by atoms with Gasteiger partial charge < -0.3 is 24.2 Å². The molecule has 0 radical (unpaired) electrons. The second-order valence-electron chi connectivity index (χ2n) is 12.5. The molecule has 2 fully saturated rings. The lowest BCUT2D eigenvalue weighted by atomic mass is 9.48. The van der Waals surface area contributed by atoms with Crippen LogP contribution >= 0.6 is 0 Å². The highest BCUT2D eigenvalue weighted by Crippen LogP contribution is 2.66. The number of ether oxygens (including phenoxy) is 3. The number of nitrogens with zero attached hydrogens (tertiary/aromatic N) is 1. The molecule has 4 aliphatic rings. The van der Waals surface area contributed by atoms with E-state index in [0.717, 1.165) is 37.8 Å². The van der Waals surface area contributed by atoms with Gasteiger partial charge in [0.2, 0.25) is 0 Å². The number of carbonyl (C=O) groups excluding carboxylic acids is 1. The van der Waals surface area contributed by atoms with Crippen molar-refractivity contribution in [2.45, 2.75) is 108 Å². The van der Waals surface area contributed by atoms with Gasteiger partial charge in [-0.25, -0.2) is 0 Å². The molecule has 1 aromatic carbocycles. The average Bonchev–Trinajstić information content (AvgIpc) is 3.13. The fourth-order valence-electron chi connectivity index (χ4n) is 7.65. The number of rotatable bonds is 6. The van der Waals surface area contributed by atoms with E-state index in [4.69, 9.17) is 14.2 Å². The second kappa shape index (κ2) is 8.35. The summed E-state index contributed by atoms with van der Waals surface area (Å²) in [7, 11) is 4.04. The first-order valence-electron chi connectivity index (χ1n) is 13.2. The van der Waals surface area contributed by atoms with Gasteiger partial charge in [-0.05, 0) is 84.0 Å². The molecule has 7 heteroatoms. The van der Waals surface area contributed by atoms with Gasteiger partial charge in [0.25, 0.3) is 0 Å². The van der Waals surface area contributed by atoms with Crippen molar-refractivity contribution < 1.29 is 24.1 Å². The van der Waals surface area contributed by atoms with Crippen molar-refractivity contribution >= 4 is 5.97 Å². The number of hydrogen-bond acceptors (Lipinski definition) is 7. The third-order valence-corrected chi connectivity index (χ3v) is 8.87. The van der Waals surface area contributed by atoms with Gasteiger partial charge in [-0.15, -0.1) is 0 Å². The molecule has 35 heavy (non-hydrogen) atoms. The molecule has 2 aliphatic heterocycles. The van der Waals surface area contributed by atoms with Crippen LogP contribution in [-0.2, 0) is 26.1 Å². The minimum atomic E-state index is -0.546. The van der Waals surface area contributed by atoms with Crippen molar-refractivity contribution in [3.63, 3.8) is 0 Å². The Morgan fingerprint density at radius 2 is 2.06 bits per heavy atom. The highest BCUT2D eigenvalue weighted by molar-refractivity contribution is 5.76. The molecule has 1 aromatic rings. The molecule has 194 valence electrons. The number of hydrogen-bond donors (Lipinski definition) is 2. The molecule has 2 aliphatic carbocycles. The lowest BCUT2D eigenvalue weighted by Gasteiger charge is -2.65. The van der Waals surface area contributed by atoms with E-state index >= 15 is 0 Å². The van der Waals surface area contributed by atoms with Gasteiger partial charge in [-0.3, -0.25) is 10.1 Å². The number of phenolic OH excluding ortho intramolecular Hbond substituents is 1. The molecule has 6 atom stereocenters. The van der Waals surface area contributed by atoms with E-state index in [1.807, 2.05) is 27.9 Å². The molecular formula is C28H42N2O5. The standard InChI is InChI=1S/C28H42N2O5/c1-16(2)14-19(25(32)35-26(3,4)5)29-18-10-11-28(33-7)21-15-17-8-9-20(31)23-22(17)27(28,24(18)34-23)12-13-30(21)6/h8-9,16,18-19,21,24,29,31H,10-15H2,1-7H3/t18-,19-,21?,24-,27?,28+/m0/s1. The Hall–Kier alpha value is -1.83. The van der Waals surface area contributed by atoms with Gasteiger partial charge in [-0.2, -0.15) is 0 Å². The molecule has 0 amide bonds. The number of likely N-dealkylation sites (N-methyl/N-ethyl adjacent to an activating group) is 1. The van der Waals surface area contributed by atoms with Crippen LogP contribution in [0.5, 0.6) is 11.5 Å². The molecular weight excluding hydrogens is 444 g/mol. The number of nitrogens with one attached hydrogen (secondary N) is 1. The third-order valence-electron chi connectivity index (χ3n) is 8.87. The summed E-state index contributed by atoms with van der Waals surface area (Å²) in [6.07, 6.45) is 3.93. The molecule has 5 rings (SSSR count). The smallest absolute Gasteiger partial charge is 0.323 e. The predicted molar refractivity (Wildman–Crippen MR) is 134 cm³/mol. The Bertz CT molecular complexity index is 1000. The molecule has 2 N–H and O–H groups in total. The maximum Gasteiger partial charge on any atom is 0.323 e. The van der Waals surface area contributed by atoms with Gasteiger partial charge in [-0.1, -0.05) is 19.9 Å². The topological polar surface area (TPSA) is 80.3 Å². The van der Waals surface area contributed by atoms with Gasteiger partial charge in [0, 0.05) is 24.8 Å². The normalized spacial score (nSPS) is 34.3. The number of esters is 1. The molecule has 2 bridgehead atoms. The lowest BCUT2D eigenvalue weighted by molar-refractivity contribution is -0.204. The largest absolute Gasteiger partial charge is 0.504 e. The summed E-state index contributed by atoms with van der Waals surface area (Å²) >= 11 is 0. The van der Waals surface area contributed by atoms with Crippen LogP contribution in [0.2, 0.25) is 0 Å². The van der Waals surface area contributed by atoms with Crippen LogP contribution in [0.3, 0.4) is 0 Å². The zero-order valence-electron chi connectivity index (χ0n) is 22.3. The van der Waals surface area contributed by atoms with Crippen LogP contribution in [0.25, 0.3) is 0 Å². The van der Waals surface area contributed by atoms with E-state index in [2.05, 4.69) is 37.2 Å². The summed E-state index contributed by atoms with van der Waals surface area (Å²) < 4.78 is 19.0. The van der Waals surface area contributed by atoms with E-state index in [9.17, 15) is 9.90 Å². The first-order valence-corrected chi connectivity index (χ1v) is 13.2. The quantitative estimate of drug-likeness (QED) is 0.596. The van der Waals surface area contributed by atoms with Crippen molar-refractivity contribution in [1.29, 1.82) is 0 Å². The summed E-state index contributed by atoms with van der Waals surface area (Å²) in [6, 6.07) is 3.59. The van der Waals surface area contributed by atoms with Crippen LogP contribution in [0.15, 0.2) is 12.1 Å². The monoisotopic (exact) mass is 486 g/mol. The minimum absolute atomic E-state index is 0.0589. The molecule has 0 aromatic heterocycles. The number of phenols is 1. The van der Waals surface area contributed by atoms with Gasteiger partial charge in [0.15, 0.2) is 11.5 Å². The van der Waals surface area contributed by atoms with E-state index < -0.39 is 17.2 Å². The summed E-state index contributed by atoms with van der Waals surface area (Å²) in [5, 5.41) is 14.5. The highest BCUT2D eigenvalue weighted by atomic mass is 16.6. The molecule has 1 saturated heterocycles. The molecule has 7 nitrogen and oxygen atoms in total. The number of likely N-dealkylation sites (tertiary alicyclic amines) is 1. The summed E-state index contributed by atoms with van der Waals surface area (Å²) in [4.78, 5) is 15.7. The number of piperidine rings is 1. The van der Waals surface area contributed by atoms with Crippen molar-refractivity contribution in [3.05, 3.63) is 23.3 Å². The van der Waals surface area contributed by atoms with Gasteiger partial charge in [0.1, 0.15) is 17.7 Å². The zero-order chi connectivity index (χ0) is 25.3. The maximum absolute atomic E-state index is 13.2. The molecule has 1 saturated carbocycles. The van der Waals surface area contributed by atoms with Crippen LogP contribution in [0, 0.1) is 5.92 Å². The summed E-state index contributed by atoms with van der Waals surface area (Å²) in [5.41, 5.74) is 1.07. The number of methoxy groups -OCH3 is 1. The Morgan fingerprint density at radius 3 is 2.71 bits per heavy atom. The van der Waals surface area contributed by atoms with Gasteiger partial charge >= 0.3 is 5.97 Å². The molecule has 2 heterocycles. The minimum Gasteiger partial charge on any atom is -0.504 e. The molecule has 1 spiro atoms. The van der Waals surface area contributed by atoms with Crippen molar-refractivity contribution in [3.8, 4) is 11.5 Å². The maximum atomic E-state index is 13.2. The van der Waals surface area contributed by atoms with Crippen molar-refractivity contribution in [2.24, 2.45) is 5.92 Å². The van der Waals surface area contributed by atoms with E-state index in [1.165, 1.54) is 5.56 Å². The van der Waals surface area contributed by atoms with E-state index in [0.29, 0.717) is 18.1 Å². The van der Waals surface area contributed by atoms with Crippen LogP contribution in [0.1, 0.15) is 71.4 Å². The third kappa shape index (κ3) is 3.60. The second-order valence-corrected chi connectivity index (χ2v) is 12.5. The lowest BCUT2D eigenvalue weighted by Crippen LogP contribution is -2.78. The number of benzene rings is 1. The van der Waals surface area contributed by atoms with E-state index in [-0.39, 0.29) is 35.3 Å². The first kappa shape index (κ1) is 24.8. The average molecular weight is 487 g/mol. The van der Waals surface area contributed by atoms with Gasteiger partial charge in [0.05, 0.1) is 11.0 Å². The van der Waals surface area contributed by atoms with Crippen molar-refractivity contribution in [2.75, 3.05) is 20.7 Å². The Labute approximate surface area is 209 Å². The van der Waals surface area contributed by atoms with E-state index in [1.54, 1.807) is 6.07 Å². The summed E-state index contributed by atoms with van der Waals surface area (Å²) in [5.74, 6) is 0.929. The number of aromatic hydroxyl groups is 1. The van der Waals surface area contributed by atoms with Crippen LogP contribution < -0.4 is 10.1 Å². The van der Waals surface area contributed by atoms with Crippen LogP contribution in [-0.4, -0.2) is 72.1 Å². The molecule has 2 unspecified atom stereocenters. The first-order chi connectivity index (χ1) is 16.4. The zero-order valence-corrected chi connectivity index (χ0v) is 22.3. The highest BCUT2D eigenvalue weighted by Gasteiger charge is 2.73. The Morgan fingerprint density at radius 1 is 1.31 bits per heavy atom. The summed E-state index contributed by atoms with van der Waals surface area (Å²) in [6.45, 7) is 10.9. The SMILES string of the molecule is CO[C@@]12CC[C@H](N[C@@H](CC(C)C)C(=O)OC(C)(C)C)[C@@H]3Oc4c(O)ccc5c4C31CCN(C)C2C5. The van der Waals surface area contributed by atoms with Crippen molar-refractivity contribution in [1.82, 2.24) is 10.2 Å². The predicted octanol–water partition coefficient (Wildman–Crippen LogP) is 3.54. The number of carbonyl (C=O) groups is 1. The van der Waals surface area contributed by atoms with Crippen LogP contribution in [0.4, 0.5) is 0 Å². The Balaban J connectivity index is 1.56.